The predicted octanol–water partition coefficient (Wildman–Crippen LogP) is 3.10. The summed E-state index contributed by atoms with van der Waals surface area (Å²) in [5.74, 6) is 0.609. The topological polar surface area (TPSA) is 88.3 Å². The van der Waals surface area contributed by atoms with Gasteiger partial charge >= 0.3 is 5.97 Å². The second-order valence-electron chi connectivity index (χ2n) is 5.74. The number of amides is 1. The van der Waals surface area contributed by atoms with Crippen molar-refractivity contribution in [2.75, 3.05) is 18.9 Å². The summed E-state index contributed by atoms with van der Waals surface area (Å²) in [7, 11) is 0. The van der Waals surface area contributed by atoms with E-state index in [2.05, 4.69) is 16.4 Å². The highest BCUT2D eigenvalue weighted by molar-refractivity contribution is 7.98. The average molecular weight is 395 g/mol. The number of hydrogen-bond donors (Lipinski definition) is 2. The van der Waals surface area contributed by atoms with E-state index in [1.54, 1.807) is 36.9 Å². The Labute approximate surface area is 160 Å². The number of aromatic amines is 1. The van der Waals surface area contributed by atoms with Crippen LogP contribution in [0.25, 0.3) is 0 Å². The number of carbonyl (C=O) groups excluding carboxylic acids is 3. The monoisotopic (exact) mass is 394 g/mol. The Kier molecular flexibility index (Phi) is 7.47. The average Bonchev–Trinajstić information content (AvgIpc) is 3.20. The molecule has 2 aromatic heterocycles. The fourth-order valence-electron chi connectivity index (χ4n) is 2.57. The molecule has 0 radical (unpaired) electrons. The maximum Gasteiger partial charge on any atom is 0.355 e. The SMILES string of the molecule is CC(=O)c1c(C)[nH]c(C(=O)OCC(=O)NCCSCc2cccs2)c1C. The molecule has 8 heteroatoms. The zero-order valence-electron chi connectivity index (χ0n) is 15.0. The van der Waals surface area contributed by atoms with Gasteiger partial charge in [-0.3, -0.25) is 9.59 Å². The lowest BCUT2D eigenvalue weighted by Crippen LogP contribution is -2.30. The fraction of sp³-hybridized carbons (Fsp3) is 0.389. The first-order valence-electron chi connectivity index (χ1n) is 8.14. The Hall–Kier alpha value is -2.06. The number of ketones is 1. The van der Waals surface area contributed by atoms with Crippen molar-refractivity contribution in [2.45, 2.75) is 26.5 Å². The number of aromatic nitrogens is 1. The number of thioether (sulfide) groups is 1. The summed E-state index contributed by atoms with van der Waals surface area (Å²) in [6.07, 6.45) is 0. The minimum atomic E-state index is -0.639. The number of esters is 1. The van der Waals surface area contributed by atoms with Gasteiger partial charge in [-0.05, 0) is 37.8 Å². The lowest BCUT2D eigenvalue weighted by atomic mass is 10.1. The van der Waals surface area contributed by atoms with Crippen molar-refractivity contribution >= 4 is 40.8 Å². The molecule has 0 saturated carbocycles. The van der Waals surface area contributed by atoms with Crippen LogP contribution in [0, 0.1) is 13.8 Å². The lowest BCUT2D eigenvalue weighted by Gasteiger charge is -2.06. The molecule has 1 amide bonds. The molecule has 2 aromatic rings. The first kappa shape index (κ1) is 20.3. The number of ether oxygens (including phenoxy) is 1. The Balaban J connectivity index is 1.71. The van der Waals surface area contributed by atoms with Gasteiger partial charge < -0.3 is 15.0 Å². The van der Waals surface area contributed by atoms with Crippen molar-refractivity contribution in [1.82, 2.24) is 10.3 Å². The van der Waals surface area contributed by atoms with Crippen molar-refractivity contribution in [3.63, 3.8) is 0 Å². The molecule has 0 saturated heterocycles. The van der Waals surface area contributed by atoms with Gasteiger partial charge in [0.05, 0.1) is 0 Å². The number of H-pyrrole nitrogens is 1. The Morgan fingerprint density at radius 2 is 2.08 bits per heavy atom. The quantitative estimate of drug-likeness (QED) is 0.388. The van der Waals surface area contributed by atoms with Gasteiger partial charge in [-0.2, -0.15) is 11.8 Å². The fourth-order valence-corrected chi connectivity index (χ4v) is 4.27. The van der Waals surface area contributed by atoms with Crippen molar-refractivity contribution in [3.05, 3.63) is 44.9 Å². The van der Waals surface area contributed by atoms with Crippen LogP contribution in [0.15, 0.2) is 17.5 Å². The molecular formula is C18H22N2O4S2. The van der Waals surface area contributed by atoms with Crippen LogP contribution in [0.4, 0.5) is 0 Å². The summed E-state index contributed by atoms with van der Waals surface area (Å²) < 4.78 is 5.04. The van der Waals surface area contributed by atoms with E-state index in [-0.39, 0.29) is 24.0 Å². The van der Waals surface area contributed by atoms with E-state index < -0.39 is 5.97 Å². The van der Waals surface area contributed by atoms with Crippen LogP contribution in [0.1, 0.15) is 43.9 Å². The number of nitrogens with one attached hydrogen (secondary N) is 2. The third kappa shape index (κ3) is 5.47. The standard InChI is InChI=1S/C18H22N2O4S2/c1-11-16(13(3)21)12(2)20-17(11)18(23)24-9-15(22)19-6-8-25-10-14-5-4-7-26-14/h4-5,7,20H,6,8-10H2,1-3H3,(H,19,22). The largest absolute Gasteiger partial charge is 0.451 e. The van der Waals surface area contributed by atoms with E-state index in [1.807, 2.05) is 11.4 Å². The summed E-state index contributed by atoms with van der Waals surface area (Å²) in [4.78, 5) is 39.7. The minimum Gasteiger partial charge on any atom is -0.451 e. The van der Waals surface area contributed by atoms with Crippen molar-refractivity contribution in [1.29, 1.82) is 0 Å². The van der Waals surface area contributed by atoms with E-state index in [0.29, 0.717) is 23.4 Å². The van der Waals surface area contributed by atoms with Gasteiger partial charge in [0.1, 0.15) is 5.69 Å². The highest BCUT2D eigenvalue weighted by atomic mass is 32.2. The van der Waals surface area contributed by atoms with Crippen LogP contribution in [-0.2, 0) is 15.3 Å². The third-order valence-corrected chi connectivity index (χ3v) is 5.79. The molecular weight excluding hydrogens is 372 g/mol. The Bertz CT molecular complexity index is 781. The zero-order valence-corrected chi connectivity index (χ0v) is 16.6. The summed E-state index contributed by atoms with van der Waals surface area (Å²) in [6, 6.07) is 4.10. The van der Waals surface area contributed by atoms with Gasteiger partial charge in [-0.1, -0.05) is 6.07 Å². The maximum atomic E-state index is 12.1. The van der Waals surface area contributed by atoms with Crippen molar-refractivity contribution < 1.29 is 19.1 Å². The first-order valence-corrected chi connectivity index (χ1v) is 10.2. The number of thiophene rings is 1. The van der Waals surface area contributed by atoms with E-state index >= 15 is 0 Å². The van der Waals surface area contributed by atoms with Crippen molar-refractivity contribution in [2.24, 2.45) is 0 Å². The molecule has 0 aliphatic rings. The second-order valence-corrected chi connectivity index (χ2v) is 7.88. The molecule has 0 spiro atoms. The summed E-state index contributed by atoms with van der Waals surface area (Å²) in [5.41, 5.74) is 1.87. The number of carbonyl (C=O) groups is 3. The molecule has 2 N–H and O–H groups in total. The Morgan fingerprint density at radius 3 is 2.69 bits per heavy atom. The summed E-state index contributed by atoms with van der Waals surface area (Å²) >= 11 is 3.45. The molecule has 0 aliphatic heterocycles. The normalized spacial score (nSPS) is 10.6. The highest BCUT2D eigenvalue weighted by Crippen LogP contribution is 2.19. The van der Waals surface area contributed by atoms with Gasteiger partial charge in [0, 0.05) is 34.2 Å². The molecule has 6 nitrogen and oxygen atoms in total. The van der Waals surface area contributed by atoms with E-state index in [1.165, 1.54) is 11.8 Å². The molecule has 26 heavy (non-hydrogen) atoms. The highest BCUT2D eigenvalue weighted by Gasteiger charge is 2.21. The molecule has 2 rings (SSSR count). The second kappa shape index (κ2) is 9.59. The number of aryl methyl sites for hydroxylation is 1. The van der Waals surface area contributed by atoms with E-state index in [4.69, 9.17) is 4.74 Å². The summed E-state index contributed by atoms with van der Waals surface area (Å²) in [6.45, 7) is 5.02. The molecule has 0 atom stereocenters. The number of hydrogen-bond acceptors (Lipinski definition) is 6. The lowest BCUT2D eigenvalue weighted by molar-refractivity contribution is -0.124. The molecule has 0 aromatic carbocycles. The van der Waals surface area contributed by atoms with Crippen LogP contribution in [0.5, 0.6) is 0 Å². The van der Waals surface area contributed by atoms with Crippen LogP contribution < -0.4 is 5.32 Å². The molecule has 0 fully saturated rings. The third-order valence-electron chi connectivity index (χ3n) is 3.72. The van der Waals surface area contributed by atoms with Crippen LogP contribution in [0.3, 0.4) is 0 Å². The number of Topliss-reactive ketones (excluding diaryl/α,β-unsaturated/α-hetero) is 1. The van der Waals surface area contributed by atoms with E-state index in [0.717, 1.165) is 11.5 Å². The minimum absolute atomic E-state index is 0.118. The van der Waals surface area contributed by atoms with Gasteiger partial charge in [0.15, 0.2) is 12.4 Å². The zero-order chi connectivity index (χ0) is 19.1. The van der Waals surface area contributed by atoms with E-state index in [9.17, 15) is 14.4 Å². The molecule has 0 unspecified atom stereocenters. The molecule has 0 bridgehead atoms. The molecule has 140 valence electrons. The van der Waals surface area contributed by atoms with Gasteiger partial charge in [-0.25, -0.2) is 4.79 Å². The maximum absolute atomic E-state index is 12.1. The smallest absolute Gasteiger partial charge is 0.355 e. The first-order chi connectivity index (χ1) is 12.4. The summed E-state index contributed by atoms with van der Waals surface area (Å²) in [5, 5.41) is 4.76. The van der Waals surface area contributed by atoms with Crippen molar-refractivity contribution in [3.8, 4) is 0 Å². The van der Waals surface area contributed by atoms with Gasteiger partial charge in [0.2, 0.25) is 0 Å². The van der Waals surface area contributed by atoms with Crippen LogP contribution in [-0.4, -0.2) is 41.5 Å². The van der Waals surface area contributed by atoms with Gasteiger partial charge in [-0.15, -0.1) is 11.3 Å². The van der Waals surface area contributed by atoms with Crippen LogP contribution >= 0.6 is 23.1 Å². The number of rotatable bonds is 9. The molecule has 0 aliphatic carbocycles. The predicted molar refractivity (Wildman–Crippen MR) is 104 cm³/mol. The van der Waals surface area contributed by atoms with Gasteiger partial charge in [0.25, 0.3) is 5.91 Å². The molecule has 2 heterocycles. The van der Waals surface area contributed by atoms with Crippen LogP contribution in [0.2, 0.25) is 0 Å². The Morgan fingerprint density at radius 1 is 1.31 bits per heavy atom.